The molecular formula is C19H29FN4O2. The van der Waals surface area contributed by atoms with E-state index >= 15 is 0 Å². The lowest BCUT2D eigenvalue weighted by atomic mass is 9.93. The molecule has 2 rings (SSSR count). The lowest BCUT2D eigenvalue weighted by Gasteiger charge is -2.34. The van der Waals surface area contributed by atoms with Gasteiger partial charge in [-0.1, -0.05) is 12.1 Å². The maximum atomic E-state index is 13.7. The van der Waals surface area contributed by atoms with Gasteiger partial charge in [0, 0.05) is 33.6 Å². The summed E-state index contributed by atoms with van der Waals surface area (Å²) in [4.78, 5) is 18.0. The fourth-order valence-electron chi connectivity index (χ4n) is 3.08. The zero-order valence-corrected chi connectivity index (χ0v) is 15.8. The van der Waals surface area contributed by atoms with Gasteiger partial charge in [0.15, 0.2) is 17.5 Å². The second-order valence-corrected chi connectivity index (χ2v) is 6.59. The number of ether oxygens (including phenoxy) is 1. The molecule has 6 nitrogen and oxygen atoms in total. The molecule has 1 unspecified atom stereocenters. The van der Waals surface area contributed by atoms with E-state index in [-0.39, 0.29) is 23.6 Å². The Morgan fingerprint density at radius 2 is 2.08 bits per heavy atom. The number of hydrogen-bond donors (Lipinski definition) is 2. The van der Waals surface area contributed by atoms with E-state index in [1.807, 2.05) is 6.92 Å². The SMILES string of the molecule is CN=C(NCC(C)Oc1ccccc1F)N1CCC(CC(=O)NC)CC1. The van der Waals surface area contributed by atoms with Crippen molar-refractivity contribution in [3.8, 4) is 5.75 Å². The maximum Gasteiger partial charge on any atom is 0.220 e. The average molecular weight is 364 g/mol. The monoisotopic (exact) mass is 364 g/mol. The third kappa shape index (κ3) is 5.89. The second kappa shape index (κ2) is 9.99. The van der Waals surface area contributed by atoms with Gasteiger partial charge in [-0.05, 0) is 37.8 Å². The van der Waals surface area contributed by atoms with Crippen LogP contribution >= 0.6 is 0 Å². The van der Waals surface area contributed by atoms with Gasteiger partial charge in [-0.15, -0.1) is 0 Å². The number of rotatable bonds is 6. The normalized spacial score (nSPS) is 16.9. The van der Waals surface area contributed by atoms with Crippen LogP contribution in [0.2, 0.25) is 0 Å². The molecule has 1 amide bonds. The number of halogens is 1. The van der Waals surface area contributed by atoms with Crippen molar-refractivity contribution in [1.29, 1.82) is 0 Å². The van der Waals surface area contributed by atoms with Crippen LogP contribution in [-0.4, -0.2) is 56.6 Å². The molecule has 2 N–H and O–H groups in total. The molecule has 1 heterocycles. The first-order chi connectivity index (χ1) is 12.5. The molecule has 1 aromatic carbocycles. The Balaban J connectivity index is 1.77. The average Bonchev–Trinajstić information content (AvgIpc) is 2.65. The van der Waals surface area contributed by atoms with Crippen LogP contribution in [0.4, 0.5) is 4.39 Å². The van der Waals surface area contributed by atoms with Gasteiger partial charge in [0.1, 0.15) is 6.10 Å². The lowest BCUT2D eigenvalue weighted by Crippen LogP contribution is -2.48. The number of para-hydroxylation sites is 1. The fraction of sp³-hybridized carbons (Fsp3) is 0.579. The van der Waals surface area contributed by atoms with Crippen LogP contribution in [0.15, 0.2) is 29.3 Å². The largest absolute Gasteiger partial charge is 0.486 e. The molecule has 0 bridgehead atoms. The number of hydrogen-bond acceptors (Lipinski definition) is 3. The molecule has 0 spiro atoms. The number of aliphatic imine (C=N–C) groups is 1. The van der Waals surface area contributed by atoms with Gasteiger partial charge in [0.2, 0.25) is 5.91 Å². The highest BCUT2D eigenvalue weighted by Gasteiger charge is 2.23. The van der Waals surface area contributed by atoms with Crippen molar-refractivity contribution in [1.82, 2.24) is 15.5 Å². The first kappa shape index (κ1) is 20.0. The summed E-state index contributed by atoms with van der Waals surface area (Å²) >= 11 is 0. The van der Waals surface area contributed by atoms with Crippen molar-refractivity contribution >= 4 is 11.9 Å². The molecule has 0 saturated carbocycles. The van der Waals surface area contributed by atoms with Crippen LogP contribution in [0.3, 0.4) is 0 Å². The third-order valence-corrected chi connectivity index (χ3v) is 4.59. The quantitative estimate of drug-likeness (QED) is 0.599. The highest BCUT2D eigenvalue weighted by atomic mass is 19.1. The van der Waals surface area contributed by atoms with Gasteiger partial charge in [0.25, 0.3) is 0 Å². The van der Waals surface area contributed by atoms with Crippen molar-refractivity contribution in [3.63, 3.8) is 0 Å². The second-order valence-electron chi connectivity index (χ2n) is 6.59. The molecule has 7 heteroatoms. The molecule has 0 radical (unpaired) electrons. The van der Waals surface area contributed by atoms with Crippen molar-refractivity contribution < 1.29 is 13.9 Å². The van der Waals surface area contributed by atoms with Gasteiger partial charge in [-0.25, -0.2) is 4.39 Å². The van der Waals surface area contributed by atoms with Crippen LogP contribution in [0.25, 0.3) is 0 Å². The van der Waals surface area contributed by atoms with E-state index in [0.717, 1.165) is 31.9 Å². The lowest BCUT2D eigenvalue weighted by molar-refractivity contribution is -0.121. The number of likely N-dealkylation sites (tertiary alicyclic amines) is 1. The van der Waals surface area contributed by atoms with Crippen molar-refractivity contribution in [2.75, 3.05) is 33.7 Å². The summed E-state index contributed by atoms with van der Waals surface area (Å²) in [6, 6.07) is 6.40. The zero-order valence-electron chi connectivity index (χ0n) is 15.8. The zero-order chi connectivity index (χ0) is 18.9. The highest BCUT2D eigenvalue weighted by molar-refractivity contribution is 5.80. The number of benzene rings is 1. The van der Waals surface area contributed by atoms with Gasteiger partial charge in [-0.2, -0.15) is 0 Å². The van der Waals surface area contributed by atoms with E-state index in [4.69, 9.17) is 4.74 Å². The minimum absolute atomic E-state index is 0.102. The molecule has 0 aromatic heterocycles. The van der Waals surface area contributed by atoms with Gasteiger partial charge < -0.3 is 20.3 Å². The summed E-state index contributed by atoms with van der Waals surface area (Å²) in [5.41, 5.74) is 0. The Bertz CT molecular complexity index is 615. The maximum absolute atomic E-state index is 13.7. The molecule has 1 aliphatic heterocycles. The summed E-state index contributed by atoms with van der Waals surface area (Å²) in [5, 5.41) is 5.98. The highest BCUT2D eigenvalue weighted by Crippen LogP contribution is 2.20. The molecule has 0 aliphatic carbocycles. The van der Waals surface area contributed by atoms with Crippen LogP contribution in [-0.2, 0) is 4.79 Å². The van der Waals surface area contributed by atoms with Gasteiger partial charge in [0.05, 0.1) is 6.54 Å². The number of nitrogens with one attached hydrogen (secondary N) is 2. The first-order valence-electron chi connectivity index (χ1n) is 9.10. The summed E-state index contributed by atoms with van der Waals surface area (Å²) < 4.78 is 19.3. The minimum Gasteiger partial charge on any atom is -0.486 e. The summed E-state index contributed by atoms with van der Waals surface area (Å²) in [6.45, 7) is 4.15. The molecular weight excluding hydrogens is 335 g/mol. The van der Waals surface area contributed by atoms with Crippen LogP contribution in [0.5, 0.6) is 5.75 Å². The Hall–Kier alpha value is -2.31. The van der Waals surface area contributed by atoms with Gasteiger partial charge >= 0.3 is 0 Å². The first-order valence-corrected chi connectivity index (χ1v) is 9.10. The molecule has 144 valence electrons. The molecule has 26 heavy (non-hydrogen) atoms. The number of nitrogens with zero attached hydrogens (tertiary/aromatic N) is 2. The Labute approximate surface area is 154 Å². The number of guanidine groups is 1. The van der Waals surface area contributed by atoms with Crippen molar-refractivity contribution in [3.05, 3.63) is 30.1 Å². The summed E-state index contributed by atoms with van der Waals surface area (Å²) in [6.07, 6.45) is 2.32. The van der Waals surface area contributed by atoms with E-state index in [1.54, 1.807) is 32.3 Å². The Morgan fingerprint density at radius 3 is 2.69 bits per heavy atom. The van der Waals surface area contributed by atoms with E-state index in [2.05, 4.69) is 20.5 Å². The van der Waals surface area contributed by atoms with Crippen molar-refractivity contribution in [2.45, 2.75) is 32.3 Å². The fourth-order valence-corrected chi connectivity index (χ4v) is 3.08. The van der Waals surface area contributed by atoms with E-state index < -0.39 is 0 Å². The van der Waals surface area contributed by atoms with E-state index in [9.17, 15) is 9.18 Å². The molecule has 1 aromatic rings. The Kier molecular flexibility index (Phi) is 7.69. The minimum atomic E-state index is -0.359. The molecule has 1 aliphatic rings. The van der Waals surface area contributed by atoms with E-state index in [0.29, 0.717) is 18.9 Å². The van der Waals surface area contributed by atoms with Crippen LogP contribution in [0.1, 0.15) is 26.2 Å². The standard InChI is InChI=1S/C19H29FN4O2/c1-14(26-17-7-5-4-6-16(17)20)13-23-19(22-3)24-10-8-15(9-11-24)12-18(25)21-2/h4-7,14-15H,8-13H2,1-3H3,(H,21,25)(H,22,23). The smallest absolute Gasteiger partial charge is 0.220 e. The molecule has 1 atom stereocenters. The number of piperidine rings is 1. The number of carbonyl (C=O) groups is 1. The van der Waals surface area contributed by atoms with E-state index in [1.165, 1.54) is 6.07 Å². The Morgan fingerprint density at radius 1 is 1.38 bits per heavy atom. The summed E-state index contributed by atoms with van der Waals surface area (Å²) in [5.74, 6) is 1.23. The number of amides is 1. The summed E-state index contributed by atoms with van der Waals surface area (Å²) in [7, 11) is 3.43. The van der Waals surface area contributed by atoms with Crippen LogP contribution in [0, 0.1) is 11.7 Å². The van der Waals surface area contributed by atoms with Crippen molar-refractivity contribution in [2.24, 2.45) is 10.9 Å². The predicted octanol–water partition coefficient (Wildman–Crippen LogP) is 2.02. The molecule has 1 saturated heterocycles. The predicted molar refractivity (Wildman–Crippen MR) is 101 cm³/mol. The van der Waals surface area contributed by atoms with Crippen LogP contribution < -0.4 is 15.4 Å². The van der Waals surface area contributed by atoms with Gasteiger partial charge in [-0.3, -0.25) is 9.79 Å². The third-order valence-electron chi connectivity index (χ3n) is 4.59. The molecule has 1 fully saturated rings. The topological polar surface area (TPSA) is 66.0 Å². The number of carbonyl (C=O) groups excluding carboxylic acids is 1.